The van der Waals surface area contributed by atoms with Gasteiger partial charge in [0.25, 0.3) is 5.91 Å². The molecule has 1 aliphatic rings. The number of ether oxygens (including phenoxy) is 2. The van der Waals surface area contributed by atoms with Crippen LogP contribution >= 0.6 is 0 Å². The number of aromatic nitrogens is 4. The molecular weight excluding hydrogens is 452 g/mol. The number of carbonyl (C=O) groups is 2. The number of nitrogens with one attached hydrogen (secondary N) is 1. The third kappa shape index (κ3) is 5.09. The third-order valence-corrected chi connectivity index (χ3v) is 5.62. The zero-order valence-corrected chi connectivity index (χ0v) is 20.1. The van der Waals surface area contributed by atoms with Gasteiger partial charge in [-0.05, 0) is 56.2 Å². The molecule has 0 spiro atoms. The summed E-state index contributed by atoms with van der Waals surface area (Å²) in [7, 11) is 1.49. The van der Waals surface area contributed by atoms with Crippen molar-refractivity contribution in [3.8, 4) is 17.3 Å². The Labute approximate surface area is 202 Å². The number of fused-ring (bicyclic) bond motifs is 1. The van der Waals surface area contributed by atoms with E-state index in [0.717, 1.165) is 11.1 Å². The molecule has 2 aromatic heterocycles. The highest BCUT2D eigenvalue weighted by atomic mass is 16.6. The molecule has 0 fully saturated rings. The van der Waals surface area contributed by atoms with Crippen molar-refractivity contribution in [1.29, 1.82) is 0 Å². The van der Waals surface area contributed by atoms with Gasteiger partial charge in [-0.25, -0.2) is 9.78 Å². The Morgan fingerprint density at radius 3 is 2.60 bits per heavy atom. The Kier molecular flexibility index (Phi) is 6.97. The molecule has 3 heterocycles. The lowest BCUT2D eigenvalue weighted by atomic mass is 10.0. The number of aliphatic hydroxyl groups excluding tert-OH is 1. The molecule has 0 radical (unpaired) electrons. The third-order valence-electron chi connectivity index (χ3n) is 5.62. The fourth-order valence-corrected chi connectivity index (χ4v) is 3.83. The molecule has 0 saturated carbocycles. The number of nitrogens with zero attached hydrogens (tertiary/aromatic N) is 5. The van der Waals surface area contributed by atoms with Gasteiger partial charge in [-0.1, -0.05) is 6.07 Å². The van der Waals surface area contributed by atoms with Gasteiger partial charge in [-0.2, -0.15) is 0 Å². The minimum atomic E-state index is -0.400. The number of aliphatic hydroxyl groups is 1. The summed E-state index contributed by atoms with van der Waals surface area (Å²) in [5.41, 5.74) is 2.58. The average Bonchev–Trinajstić information content (AvgIpc) is 3.49. The monoisotopic (exact) mass is 480 g/mol. The van der Waals surface area contributed by atoms with E-state index in [1.54, 1.807) is 53.6 Å². The lowest BCUT2D eigenvalue weighted by molar-refractivity contribution is 0.0760. The van der Waals surface area contributed by atoms with E-state index in [1.165, 1.54) is 13.4 Å². The second-order valence-corrected chi connectivity index (χ2v) is 8.57. The molecule has 1 aliphatic heterocycles. The van der Waals surface area contributed by atoms with Crippen LogP contribution in [0.4, 0.5) is 10.6 Å². The normalized spacial score (nSPS) is 13.5. The molecule has 0 saturated heterocycles. The fraction of sp³-hybridized carbons (Fsp3) is 0.375. The van der Waals surface area contributed by atoms with Crippen molar-refractivity contribution in [3.63, 3.8) is 0 Å². The summed E-state index contributed by atoms with van der Waals surface area (Å²) in [6.45, 7) is 6.08. The Morgan fingerprint density at radius 1 is 1.17 bits per heavy atom. The van der Waals surface area contributed by atoms with E-state index in [4.69, 9.17) is 9.47 Å². The Bertz CT molecular complexity index is 1240. The van der Waals surface area contributed by atoms with Crippen LogP contribution in [0.25, 0.3) is 11.5 Å². The topological polar surface area (TPSA) is 132 Å². The van der Waals surface area contributed by atoms with E-state index in [1.807, 2.05) is 6.92 Å². The van der Waals surface area contributed by atoms with Crippen molar-refractivity contribution >= 4 is 17.8 Å². The highest BCUT2D eigenvalue weighted by molar-refractivity contribution is 6.06. The lowest BCUT2D eigenvalue weighted by Crippen LogP contribution is -2.28. The van der Waals surface area contributed by atoms with Gasteiger partial charge in [0, 0.05) is 13.1 Å². The van der Waals surface area contributed by atoms with Crippen molar-refractivity contribution in [2.45, 2.75) is 46.0 Å². The number of methoxy groups -OCH3 is 1. The minimum Gasteiger partial charge on any atom is -0.496 e. The maximum Gasteiger partial charge on any atom is 0.410 e. The maximum absolute atomic E-state index is 13.2. The van der Waals surface area contributed by atoms with E-state index >= 15 is 0 Å². The van der Waals surface area contributed by atoms with E-state index in [9.17, 15) is 14.7 Å². The first kappa shape index (κ1) is 24.1. The van der Waals surface area contributed by atoms with Crippen LogP contribution in [-0.2, 0) is 17.8 Å². The second kappa shape index (κ2) is 10.1. The number of carbonyl (C=O) groups excluding carboxylic acids is 2. The summed E-state index contributed by atoms with van der Waals surface area (Å²) in [6.07, 6.45) is 0.912. The summed E-state index contributed by atoms with van der Waals surface area (Å²) < 4.78 is 12.5. The lowest BCUT2D eigenvalue weighted by Gasteiger charge is -2.17. The molecular formula is C24H28N6O5. The van der Waals surface area contributed by atoms with Crippen LogP contribution in [-0.4, -0.2) is 61.6 Å². The largest absolute Gasteiger partial charge is 0.496 e. The molecule has 11 nitrogen and oxygen atoms in total. The van der Waals surface area contributed by atoms with Gasteiger partial charge in [0.15, 0.2) is 5.82 Å². The van der Waals surface area contributed by atoms with Crippen LogP contribution in [0.15, 0.2) is 36.7 Å². The van der Waals surface area contributed by atoms with E-state index in [2.05, 4.69) is 20.5 Å². The van der Waals surface area contributed by atoms with Crippen LogP contribution in [0.5, 0.6) is 5.75 Å². The van der Waals surface area contributed by atoms with Crippen LogP contribution in [0.1, 0.15) is 48.3 Å². The Hall–Kier alpha value is -3.99. The summed E-state index contributed by atoms with van der Waals surface area (Å²) in [5.74, 6) is 0.797. The van der Waals surface area contributed by atoms with Gasteiger partial charge in [0.05, 0.1) is 31.4 Å². The van der Waals surface area contributed by atoms with Crippen LogP contribution in [0.3, 0.4) is 0 Å². The molecule has 3 aromatic rings. The highest BCUT2D eigenvalue weighted by Crippen LogP contribution is 2.31. The molecule has 0 unspecified atom stereocenters. The van der Waals surface area contributed by atoms with Crippen LogP contribution < -0.4 is 10.1 Å². The SMILES string of the molecule is COc1cc2c(cc1C(=O)Nc1cccc(-c3nncn3[C@H](C)CO)n1)CN(C(=O)OC(C)C)C2. The summed E-state index contributed by atoms with van der Waals surface area (Å²) in [4.78, 5) is 31.6. The number of pyridine rings is 1. The van der Waals surface area contributed by atoms with Gasteiger partial charge >= 0.3 is 6.09 Å². The molecule has 2 N–H and O–H groups in total. The van der Waals surface area contributed by atoms with E-state index in [-0.39, 0.29) is 18.8 Å². The second-order valence-electron chi connectivity index (χ2n) is 8.57. The summed E-state index contributed by atoms with van der Waals surface area (Å²) in [5, 5.41) is 20.3. The number of rotatable bonds is 7. The molecule has 1 atom stereocenters. The molecule has 0 bridgehead atoms. The van der Waals surface area contributed by atoms with Crippen molar-refractivity contribution in [3.05, 3.63) is 53.3 Å². The first-order valence-corrected chi connectivity index (χ1v) is 11.2. The molecule has 0 aliphatic carbocycles. The van der Waals surface area contributed by atoms with Crippen LogP contribution in [0, 0.1) is 0 Å². The quantitative estimate of drug-likeness (QED) is 0.528. The molecule has 11 heteroatoms. The molecule has 4 rings (SSSR count). The number of hydrogen-bond acceptors (Lipinski definition) is 8. The number of benzene rings is 1. The fourth-order valence-electron chi connectivity index (χ4n) is 3.83. The molecule has 2 amide bonds. The van der Waals surface area contributed by atoms with Gasteiger partial charge in [-0.15, -0.1) is 10.2 Å². The van der Waals surface area contributed by atoms with Gasteiger partial charge in [0.1, 0.15) is 23.6 Å². The van der Waals surface area contributed by atoms with Crippen molar-refractivity contribution in [1.82, 2.24) is 24.6 Å². The first-order chi connectivity index (χ1) is 16.8. The number of hydrogen-bond donors (Lipinski definition) is 2. The highest BCUT2D eigenvalue weighted by Gasteiger charge is 2.28. The van der Waals surface area contributed by atoms with Crippen molar-refractivity contribution in [2.75, 3.05) is 19.0 Å². The van der Waals surface area contributed by atoms with E-state index in [0.29, 0.717) is 41.7 Å². The van der Waals surface area contributed by atoms with E-state index < -0.39 is 12.0 Å². The van der Waals surface area contributed by atoms with Crippen molar-refractivity contribution in [2.24, 2.45) is 0 Å². The molecule has 1 aromatic carbocycles. The van der Waals surface area contributed by atoms with Gasteiger partial charge in [-0.3, -0.25) is 9.69 Å². The van der Waals surface area contributed by atoms with Crippen molar-refractivity contribution < 1.29 is 24.2 Å². The summed E-state index contributed by atoms with van der Waals surface area (Å²) >= 11 is 0. The average molecular weight is 481 g/mol. The zero-order chi connectivity index (χ0) is 25.1. The smallest absolute Gasteiger partial charge is 0.410 e. The minimum absolute atomic E-state index is 0.0772. The predicted molar refractivity (Wildman–Crippen MR) is 127 cm³/mol. The van der Waals surface area contributed by atoms with Gasteiger partial charge < -0.3 is 24.5 Å². The molecule has 184 valence electrons. The predicted octanol–water partition coefficient (Wildman–Crippen LogP) is 3.01. The summed E-state index contributed by atoms with van der Waals surface area (Å²) in [6, 6.07) is 8.44. The first-order valence-electron chi connectivity index (χ1n) is 11.2. The zero-order valence-electron chi connectivity index (χ0n) is 20.1. The van der Waals surface area contributed by atoms with Crippen LogP contribution in [0.2, 0.25) is 0 Å². The maximum atomic E-state index is 13.2. The molecule has 35 heavy (non-hydrogen) atoms. The number of amides is 2. The van der Waals surface area contributed by atoms with Gasteiger partial charge in [0.2, 0.25) is 0 Å². The Balaban J connectivity index is 1.55. The standard InChI is InChI=1S/C24H28N6O5/c1-14(2)35-24(33)29-10-16-8-18(20(34-4)9-17(16)11-29)23(32)27-21-7-5-6-19(26-21)22-28-25-13-30(22)15(3)12-31/h5-9,13-15,31H,10-12H2,1-4H3,(H,26,27,32)/t15-/m1/s1. The Morgan fingerprint density at radius 2 is 1.91 bits per heavy atom. The number of anilines is 1.